The largest absolute Gasteiger partial charge is 0.465 e. The highest BCUT2D eigenvalue weighted by Crippen LogP contribution is 2.25. The Morgan fingerprint density at radius 2 is 2.19 bits per heavy atom. The van der Waals surface area contributed by atoms with E-state index in [0.717, 1.165) is 0 Å². The lowest BCUT2D eigenvalue weighted by molar-refractivity contribution is -0.147. The quantitative estimate of drug-likeness (QED) is 0.821. The number of ether oxygens (including phenoxy) is 1. The number of nitrogens with two attached hydrogens (primary N) is 1. The van der Waals surface area contributed by atoms with E-state index in [-0.39, 0.29) is 6.61 Å². The van der Waals surface area contributed by atoms with Crippen molar-refractivity contribution in [2.24, 2.45) is 5.73 Å². The summed E-state index contributed by atoms with van der Waals surface area (Å²) in [6, 6.07) is 5.99. The normalized spacial score (nSPS) is 14.2. The van der Waals surface area contributed by atoms with Gasteiger partial charge in [-0.2, -0.15) is 0 Å². The van der Waals surface area contributed by atoms with E-state index >= 15 is 0 Å². The molecule has 0 saturated heterocycles. The Morgan fingerprint density at radius 3 is 2.75 bits per heavy atom. The summed E-state index contributed by atoms with van der Waals surface area (Å²) in [5, 5.41) is 9.91. The first-order chi connectivity index (χ1) is 7.57. The number of rotatable bonds is 4. The smallest absolute Gasteiger partial charge is 0.325 e. The molecule has 2 atom stereocenters. The van der Waals surface area contributed by atoms with Crippen molar-refractivity contribution in [2.45, 2.75) is 19.1 Å². The fraction of sp³-hybridized carbons (Fsp3) is 0.364. The summed E-state index contributed by atoms with van der Waals surface area (Å²) in [5.74, 6) is -0.606. The van der Waals surface area contributed by atoms with Crippen LogP contribution in [0.1, 0.15) is 18.6 Å². The SMILES string of the molecule is CCOC(=O)C(N)C(O)c1ccccc1Br. The van der Waals surface area contributed by atoms with Crippen molar-refractivity contribution in [3.63, 3.8) is 0 Å². The fourth-order valence-electron chi connectivity index (χ4n) is 1.28. The monoisotopic (exact) mass is 287 g/mol. The number of carbonyl (C=O) groups is 1. The number of hydrogen-bond donors (Lipinski definition) is 2. The summed E-state index contributed by atoms with van der Waals surface area (Å²) in [6.07, 6.45) is -1.07. The van der Waals surface area contributed by atoms with Crippen LogP contribution in [0.2, 0.25) is 0 Å². The van der Waals surface area contributed by atoms with Gasteiger partial charge < -0.3 is 15.6 Å². The van der Waals surface area contributed by atoms with Gasteiger partial charge in [0.15, 0.2) is 0 Å². The summed E-state index contributed by atoms with van der Waals surface area (Å²) >= 11 is 3.29. The second-order valence-corrected chi connectivity index (χ2v) is 4.10. The van der Waals surface area contributed by atoms with E-state index in [1.165, 1.54) is 0 Å². The molecule has 1 aromatic carbocycles. The van der Waals surface area contributed by atoms with E-state index in [1.807, 2.05) is 6.07 Å². The second-order valence-electron chi connectivity index (χ2n) is 3.24. The number of halogens is 1. The molecule has 0 radical (unpaired) electrons. The molecule has 0 heterocycles. The Bertz CT molecular complexity index is 370. The van der Waals surface area contributed by atoms with Gasteiger partial charge in [0, 0.05) is 4.47 Å². The highest BCUT2D eigenvalue weighted by Gasteiger charge is 2.26. The summed E-state index contributed by atoms with van der Waals surface area (Å²) in [7, 11) is 0. The molecule has 0 aliphatic heterocycles. The van der Waals surface area contributed by atoms with E-state index in [1.54, 1.807) is 25.1 Å². The summed E-state index contributed by atoms with van der Waals surface area (Å²) < 4.78 is 5.46. The molecule has 0 bridgehead atoms. The molecule has 1 aromatic rings. The molecular weight excluding hydrogens is 274 g/mol. The van der Waals surface area contributed by atoms with Crippen LogP contribution in [-0.4, -0.2) is 23.7 Å². The predicted molar refractivity (Wildman–Crippen MR) is 63.7 cm³/mol. The van der Waals surface area contributed by atoms with Crippen LogP contribution in [0.15, 0.2) is 28.7 Å². The molecule has 0 aromatic heterocycles. The molecule has 0 spiro atoms. The van der Waals surface area contributed by atoms with Gasteiger partial charge in [0.1, 0.15) is 12.1 Å². The van der Waals surface area contributed by atoms with E-state index in [4.69, 9.17) is 10.5 Å². The van der Waals surface area contributed by atoms with E-state index < -0.39 is 18.1 Å². The van der Waals surface area contributed by atoms with Gasteiger partial charge in [0.25, 0.3) is 0 Å². The van der Waals surface area contributed by atoms with Gasteiger partial charge in [-0.15, -0.1) is 0 Å². The van der Waals surface area contributed by atoms with Crippen molar-refractivity contribution in [2.75, 3.05) is 6.61 Å². The lowest BCUT2D eigenvalue weighted by Gasteiger charge is -2.18. The van der Waals surface area contributed by atoms with Crippen molar-refractivity contribution in [1.29, 1.82) is 0 Å². The maximum Gasteiger partial charge on any atom is 0.325 e. The standard InChI is InChI=1S/C11H14BrNO3/c1-2-16-11(15)9(13)10(14)7-5-3-4-6-8(7)12/h3-6,9-10,14H,2,13H2,1H3. The number of benzene rings is 1. The van der Waals surface area contributed by atoms with Crippen molar-refractivity contribution in [1.82, 2.24) is 0 Å². The first kappa shape index (κ1) is 13.2. The fourth-order valence-corrected chi connectivity index (χ4v) is 1.80. The first-order valence-corrected chi connectivity index (χ1v) is 5.72. The van der Waals surface area contributed by atoms with Gasteiger partial charge in [0.2, 0.25) is 0 Å². The predicted octanol–water partition coefficient (Wildman–Crippen LogP) is 1.37. The molecular formula is C11H14BrNO3. The van der Waals surface area contributed by atoms with Crippen LogP contribution >= 0.6 is 15.9 Å². The minimum Gasteiger partial charge on any atom is -0.465 e. The Labute approximate surface area is 103 Å². The summed E-state index contributed by atoms with van der Waals surface area (Å²) in [6.45, 7) is 1.94. The average molecular weight is 288 g/mol. The lowest BCUT2D eigenvalue weighted by Crippen LogP contribution is -2.38. The molecule has 4 nitrogen and oxygen atoms in total. The van der Waals surface area contributed by atoms with Crippen LogP contribution in [0.5, 0.6) is 0 Å². The maximum atomic E-state index is 11.3. The number of carbonyl (C=O) groups excluding carboxylic acids is 1. The maximum absolute atomic E-state index is 11.3. The third-order valence-electron chi connectivity index (χ3n) is 2.12. The molecule has 2 unspecified atom stereocenters. The van der Waals surface area contributed by atoms with Gasteiger partial charge in [-0.1, -0.05) is 34.1 Å². The van der Waals surface area contributed by atoms with Gasteiger partial charge in [-0.05, 0) is 18.6 Å². The van der Waals surface area contributed by atoms with E-state index in [2.05, 4.69) is 15.9 Å². The topological polar surface area (TPSA) is 72.5 Å². The minimum atomic E-state index is -1.07. The third-order valence-corrected chi connectivity index (χ3v) is 2.84. The van der Waals surface area contributed by atoms with Crippen molar-refractivity contribution < 1.29 is 14.6 Å². The molecule has 0 amide bonds. The Balaban J connectivity index is 2.82. The number of aliphatic hydroxyl groups is 1. The molecule has 3 N–H and O–H groups in total. The van der Waals surface area contributed by atoms with Gasteiger partial charge in [-0.3, -0.25) is 4.79 Å². The van der Waals surface area contributed by atoms with Gasteiger partial charge in [-0.25, -0.2) is 0 Å². The molecule has 0 aliphatic carbocycles. The van der Waals surface area contributed by atoms with Crippen molar-refractivity contribution in [3.8, 4) is 0 Å². The number of hydrogen-bond acceptors (Lipinski definition) is 4. The van der Waals surface area contributed by atoms with Crippen LogP contribution < -0.4 is 5.73 Å². The number of esters is 1. The molecule has 0 fully saturated rings. The summed E-state index contributed by atoms with van der Waals surface area (Å²) in [5.41, 5.74) is 6.17. The van der Waals surface area contributed by atoms with E-state index in [0.29, 0.717) is 10.0 Å². The van der Waals surface area contributed by atoms with Crippen molar-refractivity contribution >= 4 is 21.9 Å². The average Bonchev–Trinajstić information content (AvgIpc) is 2.28. The zero-order valence-corrected chi connectivity index (χ0v) is 10.5. The van der Waals surface area contributed by atoms with Crippen LogP contribution in [0.3, 0.4) is 0 Å². The zero-order valence-electron chi connectivity index (χ0n) is 8.89. The third kappa shape index (κ3) is 3.04. The molecule has 16 heavy (non-hydrogen) atoms. The molecule has 5 heteroatoms. The lowest BCUT2D eigenvalue weighted by atomic mass is 10.0. The Morgan fingerprint density at radius 1 is 1.56 bits per heavy atom. The minimum absolute atomic E-state index is 0.245. The highest BCUT2D eigenvalue weighted by molar-refractivity contribution is 9.10. The first-order valence-electron chi connectivity index (χ1n) is 4.92. The van der Waals surface area contributed by atoms with E-state index in [9.17, 15) is 9.90 Å². The molecule has 1 rings (SSSR count). The molecule has 0 saturated carbocycles. The highest BCUT2D eigenvalue weighted by atomic mass is 79.9. The van der Waals surface area contributed by atoms with Gasteiger partial charge >= 0.3 is 5.97 Å². The van der Waals surface area contributed by atoms with Crippen LogP contribution in [-0.2, 0) is 9.53 Å². The summed E-state index contributed by atoms with van der Waals surface area (Å²) in [4.78, 5) is 11.3. The zero-order chi connectivity index (χ0) is 12.1. The van der Waals surface area contributed by atoms with Gasteiger partial charge in [0.05, 0.1) is 6.61 Å². The Hall–Kier alpha value is -0.910. The Kier molecular flexibility index (Phi) is 4.92. The van der Waals surface area contributed by atoms with Crippen LogP contribution in [0.4, 0.5) is 0 Å². The second kappa shape index (κ2) is 5.98. The molecule has 0 aliphatic rings. The van der Waals surface area contributed by atoms with Crippen LogP contribution in [0, 0.1) is 0 Å². The van der Waals surface area contributed by atoms with Crippen LogP contribution in [0.25, 0.3) is 0 Å². The van der Waals surface area contributed by atoms with Crippen molar-refractivity contribution in [3.05, 3.63) is 34.3 Å². The molecule has 88 valence electrons. The number of aliphatic hydroxyl groups excluding tert-OH is 1.